The molecule has 142 valence electrons. The first-order chi connectivity index (χ1) is 14.2. The zero-order valence-electron chi connectivity index (χ0n) is 16.1. The van der Waals surface area contributed by atoms with Gasteiger partial charge in [0.2, 0.25) is 0 Å². The number of para-hydroxylation sites is 1. The number of hydrogen-bond acceptors (Lipinski definition) is 3. The Morgan fingerprint density at radius 1 is 1.07 bits per heavy atom. The second kappa shape index (κ2) is 8.25. The first-order valence-electron chi connectivity index (χ1n) is 9.36. The maximum absolute atomic E-state index is 13.6. The van der Waals surface area contributed by atoms with Gasteiger partial charge in [0.25, 0.3) is 5.56 Å². The lowest BCUT2D eigenvalue weighted by Crippen LogP contribution is -2.19. The van der Waals surface area contributed by atoms with Crippen molar-refractivity contribution in [3.05, 3.63) is 113 Å². The SMILES string of the molecule is C=C/C=C\C(=C/C)c1c(/C=C/c2ccccc2)nc2sc3ccccc3n2c1=O. The van der Waals surface area contributed by atoms with Gasteiger partial charge in [0, 0.05) is 0 Å². The molecule has 0 N–H and O–H groups in total. The van der Waals surface area contributed by atoms with E-state index in [4.69, 9.17) is 4.98 Å². The van der Waals surface area contributed by atoms with Gasteiger partial charge in [-0.3, -0.25) is 9.20 Å². The minimum absolute atomic E-state index is 0.0676. The predicted octanol–water partition coefficient (Wildman–Crippen LogP) is 6.23. The summed E-state index contributed by atoms with van der Waals surface area (Å²) in [4.78, 5) is 19.1. The van der Waals surface area contributed by atoms with Gasteiger partial charge in [-0.2, -0.15) is 0 Å². The Labute approximate surface area is 173 Å². The molecular formula is C25H20N2OS. The third-order valence-electron chi connectivity index (χ3n) is 4.63. The molecule has 0 atom stereocenters. The monoisotopic (exact) mass is 396 g/mol. The zero-order valence-corrected chi connectivity index (χ0v) is 16.9. The number of allylic oxidation sites excluding steroid dienone is 5. The van der Waals surface area contributed by atoms with Crippen molar-refractivity contribution in [2.45, 2.75) is 6.92 Å². The van der Waals surface area contributed by atoms with Crippen LogP contribution in [0.5, 0.6) is 0 Å². The number of rotatable bonds is 5. The molecule has 0 aliphatic rings. The van der Waals surface area contributed by atoms with Crippen molar-refractivity contribution in [1.82, 2.24) is 9.38 Å². The van der Waals surface area contributed by atoms with Crippen LogP contribution in [0.1, 0.15) is 23.7 Å². The van der Waals surface area contributed by atoms with Crippen molar-refractivity contribution in [2.24, 2.45) is 0 Å². The van der Waals surface area contributed by atoms with Crippen molar-refractivity contribution in [3.8, 4) is 0 Å². The fourth-order valence-electron chi connectivity index (χ4n) is 3.25. The second-order valence-electron chi connectivity index (χ2n) is 6.45. The highest BCUT2D eigenvalue weighted by molar-refractivity contribution is 7.23. The molecule has 0 bridgehead atoms. The van der Waals surface area contributed by atoms with Crippen molar-refractivity contribution >= 4 is 44.2 Å². The minimum Gasteiger partial charge on any atom is -0.268 e. The molecule has 29 heavy (non-hydrogen) atoms. The second-order valence-corrected chi connectivity index (χ2v) is 7.46. The molecule has 0 aliphatic heterocycles. The van der Waals surface area contributed by atoms with Crippen molar-refractivity contribution in [1.29, 1.82) is 0 Å². The Kier molecular flexibility index (Phi) is 5.36. The molecule has 2 heterocycles. The molecule has 0 saturated heterocycles. The highest BCUT2D eigenvalue weighted by Gasteiger charge is 2.16. The molecule has 0 fully saturated rings. The van der Waals surface area contributed by atoms with Gasteiger partial charge in [0.05, 0.1) is 21.5 Å². The fourth-order valence-corrected chi connectivity index (χ4v) is 4.28. The lowest BCUT2D eigenvalue weighted by Gasteiger charge is -2.07. The summed E-state index contributed by atoms with van der Waals surface area (Å²) in [5.74, 6) is 0. The Morgan fingerprint density at radius 2 is 1.83 bits per heavy atom. The maximum atomic E-state index is 13.6. The van der Waals surface area contributed by atoms with Gasteiger partial charge in [-0.15, -0.1) is 0 Å². The first-order valence-corrected chi connectivity index (χ1v) is 10.2. The quantitative estimate of drug-likeness (QED) is 0.375. The minimum atomic E-state index is -0.0676. The van der Waals surface area contributed by atoms with Gasteiger partial charge >= 0.3 is 0 Å². The highest BCUT2D eigenvalue weighted by atomic mass is 32.1. The maximum Gasteiger partial charge on any atom is 0.267 e. The summed E-state index contributed by atoms with van der Waals surface area (Å²) < 4.78 is 2.75. The van der Waals surface area contributed by atoms with E-state index in [9.17, 15) is 4.79 Å². The summed E-state index contributed by atoms with van der Waals surface area (Å²) in [6.07, 6.45) is 11.3. The van der Waals surface area contributed by atoms with Crippen LogP contribution in [-0.4, -0.2) is 9.38 Å². The van der Waals surface area contributed by atoms with Crippen LogP contribution in [0, 0.1) is 0 Å². The topological polar surface area (TPSA) is 34.4 Å². The first kappa shape index (κ1) is 18.8. The molecule has 4 aromatic rings. The number of benzene rings is 2. The van der Waals surface area contributed by atoms with Crippen molar-refractivity contribution < 1.29 is 0 Å². The lowest BCUT2D eigenvalue weighted by molar-refractivity contribution is 1.09. The molecule has 2 aromatic heterocycles. The number of fused-ring (bicyclic) bond motifs is 3. The van der Waals surface area contributed by atoms with E-state index in [1.807, 2.05) is 91.9 Å². The summed E-state index contributed by atoms with van der Waals surface area (Å²) in [6.45, 7) is 5.66. The van der Waals surface area contributed by atoms with Gasteiger partial charge in [0.1, 0.15) is 0 Å². The Morgan fingerprint density at radius 3 is 2.59 bits per heavy atom. The molecule has 4 rings (SSSR count). The molecule has 0 amide bonds. The Bertz CT molecular complexity index is 1340. The largest absolute Gasteiger partial charge is 0.268 e. The van der Waals surface area contributed by atoms with E-state index in [2.05, 4.69) is 6.58 Å². The van der Waals surface area contributed by atoms with E-state index in [-0.39, 0.29) is 5.56 Å². The average Bonchev–Trinajstić information content (AvgIpc) is 3.13. The number of aromatic nitrogens is 2. The van der Waals surface area contributed by atoms with Gasteiger partial charge in [-0.25, -0.2) is 4.98 Å². The molecule has 0 spiro atoms. The average molecular weight is 397 g/mol. The van der Waals surface area contributed by atoms with Gasteiger partial charge in [0.15, 0.2) is 4.96 Å². The Balaban J connectivity index is 2.02. The van der Waals surface area contributed by atoms with Crippen LogP contribution < -0.4 is 5.56 Å². The van der Waals surface area contributed by atoms with E-state index in [1.54, 1.807) is 10.5 Å². The van der Waals surface area contributed by atoms with Crippen LogP contribution in [0.3, 0.4) is 0 Å². The third-order valence-corrected chi connectivity index (χ3v) is 5.65. The summed E-state index contributed by atoms with van der Waals surface area (Å²) in [7, 11) is 0. The number of nitrogens with zero attached hydrogens (tertiary/aromatic N) is 2. The van der Waals surface area contributed by atoms with Crippen molar-refractivity contribution in [2.75, 3.05) is 0 Å². The van der Waals surface area contributed by atoms with E-state index in [0.29, 0.717) is 16.2 Å². The van der Waals surface area contributed by atoms with Crippen LogP contribution in [0.15, 0.2) is 90.3 Å². The molecule has 0 saturated carbocycles. The van der Waals surface area contributed by atoms with E-state index >= 15 is 0 Å². The zero-order chi connectivity index (χ0) is 20.2. The van der Waals surface area contributed by atoms with Crippen LogP contribution in [-0.2, 0) is 0 Å². The van der Waals surface area contributed by atoms with E-state index in [1.165, 1.54) is 11.3 Å². The summed E-state index contributed by atoms with van der Waals surface area (Å²) in [6, 6.07) is 17.9. The molecule has 2 aromatic carbocycles. The van der Waals surface area contributed by atoms with Crippen LogP contribution in [0.25, 0.3) is 32.9 Å². The normalized spacial score (nSPS) is 12.5. The molecule has 3 nitrogen and oxygen atoms in total. The van der Waals surface area contributed by atoms with E-state index in [0.717, 1.165) is 21.4 Å². The molecule has 0 unspecified atom stereocenters. The lowest BCUT2D eigenvalue weighted by atomic mass is 10.0. The predicted molar refractivity (Wildman–Crippen MR) is 125 cm³/mol. The molecular weight excluding hydrogens is 376 g/mol. The molecule has 4 heteroatoms. The number of thiazole rings is 1. The summed E-state index contributed by atoms with van der Waals surface area (Å²) in [5, 5.41) is 0. The number of hydrogen-bond donors (Lipinski definition) is 0. The van der Waals surface area contributed by atoms with Crippen LogP contribution in [0.4, 0.5) is 0 Å². The van der Waals surface area contributed by atoms with Gasteiger partial charge in [-0.1, -0.05) is 90.8 Å². The highest BCUT2D eigenvalue weighted by Crippen LogP contribution is 2.27. The van der Waals surface area contributed by atoms with Gasteiger partial charge < -0.3 is 0 Å². The molecule has 0 aliphatic carbocycles. The summed E-state index contributed by atoms with van der Waals surface area (Å²) >= 11 is 1.52. The fraction of sp³-hybridized carbons (Fsp3) is 0.0400. The van der Waals surface area contributed by atoms with Crippen LogP contribution in [0.2, 0.25) is 0 Å². The third kappa shape index (κ3) is 3.62. The standard InChI is InChI=1S/C25H20N2OS/c1-3-5-13-19(4-2)23-20(17-16-18-11-7-6-8-12-18)26-25-27(24(23)28)21-14-9-10-15-22(21)29-25/h3-17H,1H2,2H3/b13-5-,17-16+,19-4+. The Hall–Kier alpha value is -3.50. The van der Waals surface area contributed by atoms with E-state index < -0.39 is 0 Å². The molecule has 0 radical (unpaired) electrons. The van der Waals surface area contributed by atoms with Crippen LogP contribution >= 0.6 is 11.3 Å². The smallest absolute Gasteiger partial charge is 0.267 e. The summed E-state index contributed by atoms with van der Waals surface area (Å²) in [5.41, 5.74) is 3.93. The van der Waals surface area contributed by atoms with Crippen molar-refractivity contribution in [3.63, 3.8) is 0 Å². The van der Waals surface area contributed by atoms with Gasteiger partial charge in [-0.05, 0) is 36.3 Å².